The summed E-state index contributed by atoms with van der Waals surface area (Å²) in [6.45, 7) is 3.20. The molecule has 1 rings (SSSR count). The van der Waals surface area contributed by atoms with Crippen molar-refractivity contribution in [2.75, 3.05) is 6.54 Å². The van der Waals surface area contributed by atoms with Crippen LogP contribution >= 0.6 is 11.3 Å². The smallest absolute Gasteiger partial charge is 0.382 e. The summed E-state index contributed by atoms with van der Waals surface area (Å²) in [5.41, 5.74) is 1.05. The summed E-state index contributed by atoms with van der Waals surface area (Å²) in [6, 6.07) is 1.73. The van der Waals surface area contributed by atoms with Crippen LogP contribution in [0, 0.1) is 6.92 Å². The predicted octanol–water partition coefficient (Wildman–Crippen LogP) is 2.63. The fourth-order valence-corrected chi connectivity index (χ4v) is 2.29. The quantitative estimate of drug-likeness (QED) is 0.864. The number of alkyl halides is 3. The van der Waals surface area contributed by atoms with Crippen LogP contribution in [-0.4, -0.2) is 23.9 Å². The van der Waals surface area contributed by atoms with Crippen LogP contribution in [0.1, 0.15) is 23.4 Å². The molecule has 0 aliphatic carbocycles. The lowest BCUT2D eigenvalue weighted by atomic mass is 10.2. The molecule has 0 spiro atoms. The minimum atomic E-state index is -4.56. The van der Waals surface area contributed by atoms with Gasteiger partial charge in [0, 0.05) is 17.5 Å². The Morgan fingerprint density at radius 1 is 1.50 bits per heavy atom. The van der Waals surface area contributed by atoms with Crippen molar-refractivity contribution in [2.45, 2.75) is 32.2 Å². The average molecular weight is 253 g/mol. The molecule has 0 bridgehead atoms. The Labute approximate surface area is 96.1 Å². The molecule has 0 fully saturated rings. The fourth-order valence-electron chi connectivity index (χ4n) is 1.32. The van der Waals surface area contributed by atoms with Crippen molar-refractivity contribution < 1.29 is 18.3 Å². The molecule has 0 saturated carbocycles. The molecular formula is C10H14F3NOS. The standard InChI is InChI=1S/C10H14F3NOS/c1-6-3-4-16-9(6)7(2)14-5-8(15)10(11,12)13/h3-4,7-8,14-15H,5H2,1-2H3. The van der Waals surface area contributed by atoms with Crippen LogP contribution in [0.4, 0.5) is 13.2 Å². The van der Waals surface area contributed by atoms with E-state index >= 15 is 0 Å². The number of rotatable bonds is 4. The van der Waals surface area contributed by atoms with E-state index in [1.54, 1.807) is 6.92 Å². The summed E-state index contributed by atoms with van der Waals surface area (Å²) in [7, 11) is 0. The number of nitrogens with one attached hydrogen (secondary N) is 1. The van der Waals surface area contributed by atoms with Gasteiger partial charge in [-0.15, -0.1) is 11.3 Å². The van der Waals surface area contributed by atoms with E-state index < -0.39 is 18.8 Å². The zero-order valence-electron chi connectivity index (χ0n) is 9.01. The summed E-state index contributed by atoms with van der Waals surface area (Å²) >= 11 is 1.49. The van der Waals surface area contributed by atoms with E-state index in [9.17, 15) is 13.2 Å². The summed E-state index contributed by atoms with van der Waals surface area (Å²) < 4.78 is 36.1. The van der Waals surface area contributed by atoms with Gasteiger partial charge in [0.2, 0.25) is 0 Å². The van der Waals surface area contributed by atoms with Gasteiger partial charge in [0.05, 0.1) is 0 Å². The van der Waals surface area contributed by atoms with Crippen molar-refractivity contribution in [1.29, 1.82) is 0 Å². The maximum absolute atomic E-state index is 12.0. The Kier molecular flexibility index (Phi) is 4.35. The average Bonchev–Trinajstić information content (AvgIpc) is 2.58. The monoisotopic (exact) mass is 253 g/mol. The topological polar surface area (TPSA) is 32.3 Å². The van der Waals surface area contributed by atoms with Crippen molar-refractivity contribution in [3.05, 3.63) is 21.9 Å². The maximum Gasteiger partial charge on any atom is 0.415 e. The van der Waals surface area contributed by atoms with Crippen molar-refractivity contribution in [1.82, 2.24) is 5.32 Å². The molecule has 1 heterocycles. The van der Waals surface area contributed by atoms with Crippen LogP contribution in [-0.2, 0) is 0 Å². The Morgan fingerprint density at radius 3 is 2.56 bits per heavy atom. The molecule has 1 aromatic heterocycles. The van der Waals surface area contributed by atoms with E-state index in [1.807, 2.05) is 18.4 Å². The molecular weight excluding hydrogens is 239 g/mol. The fraction of sp³-hybridized carbons (Fsp3) is 0.600. The lowest BCUT2D eigenvalue weighted by Crippen LogP contribution is -2.39. The summed E-state index contributed by atoms with van der Waals surface area (Å²) in [6.07, 6.45) is -6.87. The first kappa shape index (κ1) is 13.5. The van der Waals surface area contributed by atoms with Crippen molar-refractivity contribution in [3.8, 4) is 0 Å². The van der Waals surface area contributed by atoms with Crippen LogP contribution in [0.5, 0.6) is 0 Å². The van der Waals surface area contributed by atoms with Gasteiger partial charge >= 0.3 is 6.18 Å². The molecule has 2 unspecified atom stereocenters. The molecule has 0 aromatic carbocycles. The first-order valence-electron chi connectivity index (χ1n) is 4.84. The van der Waals surface area contributed by atoms with Gasteiger partial charge in [-0.3, -0.25) is 0 Å². The van der Waals surface area contributed by atoms with E-state index in [0.29, 0.717) is 0 Å². The lowest BCUT2D eigenvalue weighted by Gasteiger charge is -2.18. The third-order valence-electron chi connectivity index (χ3n) is 2.29. The van der Waals surface area contributed by atoms with Crippen LogP contribution in [0.3, 0.4) is 0 Å². The van der Waals surface area contributed by atoms with Crippen LogP contribution in [0.25, 0.3) is 0 Å². The zero-order chi connectivity index (χ0) is 12.3. The predicted molar refractivity (Wildman–Crippen MR) is 57.5 cm³/mol. The van der Waals surface area contributed by atoms with E-state index in [4.69, 9.17) is 5.11 Å². The summed E-state index contributed by atoms with van der Waals surface area (Å²) in [4.78, 5) is 0.995. The highest BCUT2D eigenvalue weighted by molar-refractivity contribution is 7.10. The number of hydrogen-bond donors (Lipinski definition) is 2. The molecule has 6 heteroatoms. The largest absolute Gasteiger partial charge is 0.415 e. The third kappa shape index (κ3) is 3.47. The first-order valence-corrected chi connectivity index (χ1v) is 5.72. The highest BCUT2D eigenvalue weighted by atomic mass is 32.1. The van der Waals surface area contributed by atoms with E-state index in [0.717, 1.165) is 10.4 Å². The molecule has 16 heavy (non-hydrogen) atoms. The van der Waals surface area contributed by atoms with Crippen LogP contribution in [0.15, 0.2) is 11.4 Å². The van der Waals surface area contributed by atoms with Gasteiger partial charge in [-0.2, -0.15) is 13.2 Å². The van der Waals surface area contributed by atoms with Gasteiger partial charge in [0.1, 0.15) is 0 Å². The van der Waals surface area contributed by atoms with Crippen LogP contribution < -0.4 is 5.32 Å². The third-order valence-corrected chi connectivity index (χ3v) is 3.49. The van der Waals surface area contributed by atoms with Crippen molar-refractivity contribution in [2.24, 2.45) is 0 Å². The van der Waals surface area contributed by atoms with Gasteiger partial charge in [-0.1, -0.05) is 0 Å². The molecule has 0 aliphatic rings. The first-order chi connectivity index (χ1) is 7.32. The van der Waals surface area contributed by atoms with Gasteiger partial charge in [0.25, 0.3) is 0 Å². The lowest BCUT2D eigenvalue weighted by molar-refractivity contribution is -0.202. The molecule has 92 valence electrons. The molecule has 1 aromatic rings. The van der Waals surface area contributed by atoms with Gasteiger partial charge < -0.3 is 10.4 Å². The molecule has 2 atom stereocenters. The highest BCUT2D eigenvalue weighted by Crippen LogP contribution is 2.24. The van der Waals surface area contributed by atoms with Crippen LogP contribution in [0.2, 0.25) is 0 Å². The molecule has 2 nitrogen and oxygen atoms in total. The molecule has 0 amide bonds. The normalized spacial score (nSPS) is 16.1. The van der Waals surface area contributed by atoms with E-state index in [-0.39, 0.29) is 6.04 Å². The Balaban J connectivity index is 2.48. The number of halogens is 3. The summed E-state index contributed by atoms with van der Waals surface area (Å²) in [5.74, 6) is 0. The highest BCUT2D eigenvalue weighted by Gasteiger charge is 2.37. The summed E-state index contributed by atoms with van der Waals surface area (Å²) in [5, 5.41) is 13.4. The van der Waals surface area contributed by atoms with Gasteiger partial charge in [0.15, 0.2) is 6.10 Å². The Morgan fingerprint density at radius 2 is 2.12 bits per heavy atom. The number of aryl methyl sites for hydroxylation is 1. The minimum absolute atomic E-state index is 0.183. The molecule has 2 N–H and O–H groups in total. The number of aliphatic hydroxyl groups excluding tert-OH is 1. The van der Waals surface area contributed by atoms with Gasteiger partial charge in [-0.25, -0.2) is 0 Å². The minimum Gasteiger partial charge on any atom is -0.382 e. The number of hydrogen-bond acceptors (Lipinski definition) is 3. The zero-order valence-corrected chi connectivity index (χ0v) is 9.82. The molecule has 0 aliphatic heterocycles. The number of aliphatic hydroxyl groups is 1. The Hall–Kier alpha value is -0.590. The van der Waals surface area contributed by atoms with Crippen molar-refractivity contribution in [3.63, 3.8) is 0 Å². The molecule has 0 saturated heterocycles. The number of thiophene rings is 1. The SMILES string of the molecule is Cc1ccsc1C(C)NCC(O)C(F)(F)F. The second-order valence-electron chi connectivity index (χ2n) is 3.66. The molecule has 0 radical (unpaired) electrons. The van der Waals surface area contributed by atoms with E-state index in [1.165, 1.54) is 11.3 Å². The van der Waals surface area contributed by atoms with Crippen molar-refractivity contribution >= 4 is 11.3 Å². The maximum atomic E-state index is 12.0. The second-order valence-corrected chi connectivity index (χ2v) is 4.60. The Bertz CT molecular complexity index is 337. The van der Waals surface area contributed by atoms with Gasteiger partial charge in [-0.05, 0) is 30.9 Å². The van der Waals surface area contributed by atoms with E-state index in [2.05, 4.69) is 5.32 Å². The second kappa shape index (κ2) is 5.16.